The van der Waals surface area contributed by atoms with Gasteiger partial charge in [0.2, 0.25) is 0 Å². The molecule has 0 atom stereocenters. The molecule has 0 unspecified atom stereocenters. The van der Waals surface area contributed by atoms with Gasteiger partial charge in [0.05, 0.1) is 6.61 Å². The molecule has 22 heavy (non-hydrogen) atoms. The van der Waals surface area contributed by atoms with Crippen molar-refractivity contribution in [1.29, 1.82) is 5.41 Å². The lowest BCUT2D eigenvalue weighted by Gasteiger charge is -2.03. The Bertz CT molecular complexity index is 264. The second kappa shape index (κ2) is 18.1. The number of nitrogens with one attached hydrogen (secondary N) is 1. The van der Waals surface area contributed by atoms with Crippen LogP contribution in [0.4, 0.5) is 0 Å². The van der Waals surface area contributed by atoms with E-state index in [1.54, 1.807) is 0 Å². The predicted molar refractivity (Wildman–Crippen MR) is 97.3 cm³/mol. The highest BCUT2D eigenvalue weighted by atomic mass is 16.5. The third kappa shape index (κ3) is 19.0. The van der Waals surface area contributed by atoms with Crippen LogP contribution < -0.4 is 5.73 Å². The van der Waals surface area contributed by atoms with E-state index in [-0.39, 0.29) is 6.02 Å². The van der Waals surface area contributed by atoms with Crippen LogP contribution in [0, 0.1) is 5.41 Å². The normalized spacial score (nSPS) is 11.1. The van der Waals surface area contributed by atoms with E-state index in [2.05, 4.69) is 19.1 Å². The fourth-order valence-corrected chi connectivity index (χ4v) is 2.53. The molecular formula is C19H38N2O. The van der Waals surface area contributed by atoms with Crippen LogP contribution in [0.2, 0.25) is 0 Å². The highest BCUT2D eigenvalue weighted by molar-refractivity contribution is 5.67. The van der Waals surface area contributed by atoms with E-state index in [0.717, 1.165) is 6.42 Å². The van der Waals surface area contributed by atoms with Crippen molar-refractivity contribution in [2.45, 2.75) is 96.8 Å². The Kier molecular flexibility index (Phi) is 17.2. The number of amidine groups is 1. The van der Waals surface area contributed by atoms with E-state index in [1.165, 1.54) is 83.5 Å². The molecule has 0 radical (unpaired) electrons. The van der Waals surface area contributed by atoms with Crippen LogP contribution in [-0.2, 0) is 4.74 Å². The van der Waals surface area contributed by atoms with E-state index < -0.39 is 0 Å². The summed E-state index contributed by atoms with van der Waals surface area (Å²) in [6, 6.07) is -0.159. The van der Waals surface area contributed by atoms with Gasteiger partial charge < -0.3 is 10.5 Å². The van der Waals surface area contributed by atoms with Gasteiger partial charge in [-0.2, -0.15) is 0 Å². The zero-order valence-corrected chi connectivity index (χ0v) is 14.7. The zero-order valence-electron chi connectivity index (χ0n) is 14.7. The summed E-state index contributed by atoms with van der Waals surface area (Å²) >= 11 is 0. The lowest BCUT2D eigenvalue weighted by Crippen LogP contribution is -2.14. The number of allylic oxidation sites excluding steroid dienone is 2. The Morgan fingerprint density at radius 1 is 0.773 bits per heavy atom. The SMILES string of the molecule is CCCCCCCCC=CCCCCCCCCOC(=N)N. The number of ether oxygens (including phenoxy) is 1. The maximum Gasteiger partial charge on any atom is 0.278 e. The van der Waals surface area contributed by atoms with Gasteiger partial charge in [0.1, 0.15) is 0 Å². The van der Waals surface area contributed by atoms with Crippen LogP contribution in [0.1, 0.15) is 96.8 Å². The molecule has 0 aromatic heterocycles. The molecule has 0 aromatic carbocycles. The summed E-state index contributed by atoms with van der Waals surface area (Å²) < 4.78 is 4.91. The van der Waals surface area contributed by atoms with E-state index >= 15 is 0 Å². The molecular weight excluding hydrogens is 272 g/mol. The molecule has 0 spiro atoms. The monoisotopic (exact) mass is 310 g/mol. The van der Waals surface area contributed by atoms with Gasteiger partial charge in [0, 0.05) is 0 Å². The first-order chi connectivity index (χ1) is 10.8. The van der Waals surface area contributed by atoms with Crippen molar-refractivity contribution in [3.63, 3.8) is 0 Å². The summed E-state index contributed by atoms with van der Waals surface area (Å²) in [7, 11) is 0. The average molecular weight is 311 g/mol. The molecule has 0 fully saturated rings. The third-order valence-corrected chi connectivity index (χ3v) is 3.91. The molecule has 0 amide bonds. The van der Waals surface area contributed by atoms with Crippen LogP contribution in [0.3, 0.4) is 0 Å². The highest BCUT2D eigenvalue weighted by Gasteiger charge is 1.93. The predicted octanol–water partition coefficient (Wildman–Crippen LogP) is 5.93. The quantitative estimate of drug-likeness (QED) is 0.160. The number of nitrogens with two attached hydrogens (primary N) is 1. The first-order valence-electron chi connectivity index (χ1n) is 9.39. The van der Waals surface area contributed by atoms with Gasteiger partial charge in [-0.3, -0.25) is 5.41 Å². The Labute approximate surface area is 138 Å². The molecule has 0 saturated carbocycles. The number of hydrogen-bond donors (Lipinski definition) is 2. The molecule has 0 bridgehead atoms. The maximum absolute atomic E-state index is 6.93. The van der Waals surface area contributed by atoms with Gasteiger partial charge in [0.25, 0.3) is 6.02 Å². The summed E-state index contributed by atoms with van der Waals surface area (Å²) in [5.41, 5.74) is 5.11. The van der Waals surface area contributed by atoms with Crippen molar-refractivity contribution in [3.8, 4) is 0 Å². The molecule has 0 aliphatic heterocycles. The van der Waals surface area contributed by atoms with Gasteiger partial charge in [-0.25, -0.2) is 0 Å². The second-order valence-electron chi connectivity index (χ2n) is 6.15. The summed E-state index contributed by atoms with van der Waals surface area (Å²) in [5, 5.41) is 6.93. The Morgan fingerprint density at radius 3 is 1.73 bits per heavy atom. The second-order valence-corrected chi connectivity index (χ2v) is 6.15. The number of rotatable bonds is 16. The van der Waals surface area contributed by atoms with Gasteiger partial charge in [-0.1, -0.05) is 76.9 Å². The van der Waals surface area contributed by atoms with Gasteiger partial charge in [0.15, 0.2) is 0 Å². The lowest BCUT2D eigenvalue weighted by atomic mass is 10.1. The minimum atomic E-state index is -0.159. The summed E-state index contributed by atoms with van der Waals surface area (Å²) in [4.78, 5) is 0. The summed E-state index contributed by atoms with van der Waals surface area (Å²) in [6.07, 6.45) is 23.0. The standard InChI is InChI=1S/C19H38N2O/c1-2-3-4-5-6-7-8-9-10-11-12-13-14-15-16-17-18-22-19(20)21/h9-10H,2-8,11-18H2,1H3,(H3,20,21). The van der Waals surface area contributed by atoms with Crippen molar-refractivity contribution in [1.82, 2.24) is 0 Å². The van der Waals surface area contributed by atoms with Gasteiger partial charge in [-0.05, 0) is 32.1 Å². The lowest BCUT2D eigenvalue weighted by molar-refractivity contribution is 0.285. The van der Waals surface area contributed by atoms with Crippen LogP contribution in [-0.4, -0.2) is 12.6 Å². The summed E-state index contributed by atoms with van der Waals surface area (Å²) in [6.45, 7) is 2.86. The van der Waals surface area contributed by atoms with E-state index in [4.69, 9.17) is 15.9 Å². The molecule has 0 aliphatic rings. The van der Waals surface area contributed by atoms with Gasteiger partial charge >= 0.3 is 0 Å². The molecule has 0 aromatic rings. The molecule has 0 aliphatic carbocycles. The topological polar surface area (TPSA) is 59.1 Å². The largest absolute Gasteiger partial charge is 0.466 e. The first-order valence-corrected chi connectivity index (χ1v) is 9.39. The van der Waals surface area contributed by atoms with Crippen LogP contribution >= 0.6 is 0 Å². The minimum Gasteiger partial charge on any atom is -0.466 e. The third-order valence-electron chi connectivity index (χ3n) is 3.91. The fraction of sp³-hybridized carbons (Fsp3) is 0.842. The smallest absolute Gasteiger partial charge is 0.278 e. The van der Waals surface area contributed by atoms with Crippen LogP contribution in [0.15, 0.2) is 12.2 Å². The van der Waals surface area contributed by atoms with Crippen molar-refractivity contribution < 1.29 is 4.74 Å². The van der Waals surface area contributed by atoms with E-state index in [0.29, 0.717) is 6.61 Å². The maximum atomic E-state index is 6.93. The molecule has 0 saturated heterocycles. The Balaban J connectivity index is 3.06. The van der Waals surface area contributed by atoms with Crippen molar-refractivity contribution >= 4 is 6.02 Å². The number of unbranched alkanes of at least 4 members (excludes halogenated alkanes) is 12. The molecule has 3 N–H and O–H groups in total. The average Bonchev–Trinajstić information content (AvgIpc) is 2.50. The zero-order chi connectivity index (χ0) is 16.3. The van der Waals surface area contributed by atoms with E-state index in [9.17, 15) is 0 Å². The Morgan fingerprint density at radius 2 is 1.23 bits per heavy atom. The minimum absolute atomic E-state index is 0.159. The molecule has 130 valence electrons. The molecule has 3 nitrogen and oxygen atoms in total. The van der Waals surface area contributed by atoms with Crippen molar-refractivity contribution in [2.75, 3.05) is 6.61 Å². The molecule has 3 heteroatoms. The molecule has 0 heterocycles. The summed E-state index contributed by atoms with van der Waals surface area (Å²) in [5.74, 6) is 0. The van der Waals surface area contributed by atoms with Crippen LogP contribution in [0.5, 0.6) is 0 Å². The fourth-order valence-electron chi connectivity index (χ4n) is 2.53. The van der Waals surface area contributed by atoms with Crippen LogP contribution in [0.25, 0.3) is 0 Å². The highest BCUT2D eigenvalue weighted by Crippen LogP contribution is 2.09. The van der Waals surface area contributed by atoms with Crippen molar-refractivity contribution in [2.24, 2.45) is 5.73 Å². The van der Waals surface area contributed by atoms with Crippen molar-refractivity contribution in [3.05, 3.63) is 12.2 Å². The first kappa shape index (κ1) is 21.0. The van der Waals surface area contributed by atoms with E-state index in [1.807, 2.05) is 0 Å². The Hall–Kier alpha value is -0.990. The number of hydrogen-bond acceptors (Lipinski definition) is 2. The molecule has 0 rings (SSSR count). The van der Waals surface area contributed by atoms with Gasteiger partial charge in [-0.15, -0.1) is 0 Å².